The summed E-state index contributed by atoms with van der Waals surface area (Å²) in [7, 11) is 1.14. The number of amides is 1. The highest BCUT2D eigenvalue weighted by Gasteiger charge is 2.32. The van der Waals surface area contributed by atoms with Crippen molar-refractivity contribution in [3.63, 3.8) is 0 Å². The lowest BCUT2D eigenvalue weighted by atomic mass is 9.86. The van der Waals surface area contributed by atoms with E-state index >= 15 is 0 Å². The van der Waals surface area contributed by atoms with E-state index in [1.54, 1.807) is 6.20 Å². The van der Waals surface area contributed by atoms with E-state index in [9.17, 15) is 22.4 Å². The molecule has 3 aromatic rings. The molecule has 190 valence electrons. The minimum Gasteiger partial charge on any atom is -0.406 e. The topological polar surface area (TPSA) is 99.1 Å². The van der Waals surface area contributed by atoms with Gasteiger partial charge in [-0.25, -0.2) is 4.39 Å². The first-order chi connectivity index (χ1) is 17.2. The number of carbonyl (C=O) groups excluding carboxylic acids is 1. The van der Waals surface area contributed by atoms with Crippen LogP contribution < -0.4 is 10.1 Å². The number of halogens is 4. The quantitative estimate of drug-likeness (QED) is 0.409. The molecule has 4 rings (SSSR count). The summed E-state index contributed by atoms with van der Waals surface area (Å²) in [6, 6.07) is 6.13. The van der Waals surface area contributed by atoms with Crippen molar-refractivity contribution in [1.29, 1.82) is 0 Å². The predicted molar refractivity (Wildman–Crippen MR) is 122 cm³/mol. The second-order valence-corrected chi connectivity index (χ2v) is 9.08. The fourth-order valence-corrected chi connectivity index (χ4v) is 4.74. The summed E-state index contributed by atoms with van der Waals surface area (Å²) in [5.41, 5.74) is 1.62. The summed E-state index contributed by atoms with van der Waals surface area (Å²) in [6.45, 7) is 0. The van der Waals surface area contributed by atoms with Crippen LogP contribution in [-0.4, -0.2) is 39.8 Å². The van der Waals surface area contributed by atoms with Gasteiger partial charge in [-0.05, 0) is 61.1 Å². The molecule has 0 fully saturated rings. The Labute approximate surface area is 207 Å². The molecule has 2 atom stereocenters. The maximum atomic E-state index is 14.3. The Balaban J connectivity index is 1.38. The molecule has 0 radical (unpaired) electrons. The third kappa shape index (κ3) is 6.61. The summed E-state index contributed by atoms with van der Waals surface area (Å²) < 4.78 is 60.7. The van der Waals surface area contributed by atoms with Gasteiger partial charge in [0.2, 0.25) is 5.13 Å². The molecule has 1 amide bonds. The number of anilines is 1. The minimum absolute atomic E-state index is 0.173. The van der Waals surface area contributed by atoms with Gasteiger partial charge < -0.3 is 9.47 Å². The monoisotopic (exact) mass is 523 g/mol. The zero-order chi connectivity index (χ0) is 25.7. The van der Waals surface area contributed by atoms with Crippen LogP contribution in [-0.2, 0) is 16.0 Å². The molecule has 0 spiro atoms. The number of nitrogens with zero attached hydrogens (tertiary/aromatic N) is 4. The summed E-state index contributed by atoms with van der Waals surface area (Å²) >= 11 is 1.17. The van der Waals surface area contributed by atoms with Gasteiger partial charge in [-0.3, -0.25) is 10.1 Å². The minimum atomic E-state index is -4.96. The number of hydrogen-bond donors (Lipinski definition) is 1. The number of hydrogen-bond acceptors (Lipinski definition) is 8. The van der Waals surface area contributed by atoms with Gasteiger partial charge in [0.25, 0.3) is 5.91 Å². The van der Waals surface area contributed by atoms with Crippen LogP contribution in [0.25, 0.3) is 5.57 Å². The fourth-order valence-electron chi connectivity index (χ4n) is 3.88. The third-order valence-corrected chi connectivity index (χ3v) is 6.40. The third-order valence-electron chi connectivity index (χ3n) is 5.54. The summed E-state index contributed by atoms with van der Waals surface area (Å²) in [5.74, 6) is -2.05. The van der Waals surface area contributed by atoms with Crippen LogP contribution in [0.2, 0.25) is 0 Å². The number of alkyl halides is 3. The number of allylic oxidation sites excluding steroid dienone is 2. The highest BCUT2D eigenvalue weighted by atomic mass is 32.1. The maximum Gasteiger partial charge on any atom is 0.573 e. The molecule has 0 unspecified atom stereocenters. The zero-order valence-corrected chi connectivity index (χ0v) is 19.8. The number of aromatic nitrogens is 4. The SMILES string of the molecule is CO[C@H](C(=O)Nc1nnc(C[C@@H]2CC=C(c3cccnn3)CC2)s1)c1cc(OC(F)(F)F)ccc1F. The molecule has 1 N–H and O–H groups in total. The number of nitrogens with one attached hydrogen (secondary N) is 1. The Morgan fingerprint density at radius 1 is 1.25 bits per heavy atom. The number of benzene rings is 1. The van der Waals surface area contributed by atoms with Crippen molar-refractivity contribution in [3.8, 4) is 5.75 Å². The molecule has 1 aliphatic carbocycles. The van der Waals surface area contributed by atoms with Gasteiger partial charge in [0.05, 0.1) is 5.69 Å². The molecule has 0 saturated carbocycles. The highest BCUT2D eigenvalue weighted by molar-refractivity contribution is 7.15. The van der Waals surface area contributed by atoms with Gasteiger partial charge in [-0.2, -0.15) is 10.2 Å². The van der Waals surface area contributed by atoms with Gasteiger partial charge in [0.15, 0.2) is 6.10 Å². The number of rotatable bonds is 8. The van der Waals surface area contributed by atoms with E-state index in [2.05, 4.69) is 36.5 Å². The highest BCUT2D eigenvalue weighted by Crippen LogP contribution is 2.33. The molecule has 0 saturated heterocycles. The predicted octanol–water partition coefficient (Wildman–Crippen LogP) is 5.12. The summed E-state index contributed by atoms with van der Waals surface area (Å²) in [4.78, 5) is 12.7. The van der Waals surface area contributed by atoms with Crippen LogP contribution in [0.3, 0.4) is 0 Å². The number of ether oxygens (including phenoxy) is 2. The second-order valence-electron chi connectivity index (χ2n) is 8.02. The lowest BCUT2D eigenvalue weighted by Crippen LogP contribution is -2.24. The van der Waals surface area contributed by atoms with Crippen LogP contribution in [0.15, 0.2) is 42.6 Å². The van der Waals surface area contributed by atoms with E-state index in [1.807, 2.05) is 12.1 Å². The number of methoxy groups -OCH3 is 1. The molecule has 36 heavy (non-hydrogen) atoms. The normalized spacial score (nSPS) is 16.8. The largest absolute Gasteiger partial charge is 0.573 e. The average molecular weight is 524 g/mol. The molecule has 0 bridgehead atoms. The molecule has 2 aromatic heterocycles. The van der Waals surface area contributed by atoms with E-state index < -0.39 is 35.5 Å². The molecule has 0 aliphatic heterocycles. The van der Waals surface area contributed by atoms with Crippen molar-refractivity contribution in [2.24, 2.45) is 5.92 Å². The van der Waals surface area contributed by atoms with Gasteiger partial charge in [-0.15, -0.1) is 23.4 Å². The van der Waals surface area contributed by atoms with Gasteiger partial charge in [0, 0.05) is 25.3 Å². The Morgan fingerprint density at radius 3 is 2.75 bits per heavy atom. The fraction of sp³-hybridized carbons (Fsp3) is 0.348. The Hall–Kier alpha value is -3.45. The molecular weight excluding hydrogens is 502 g/mol. The van der Waals surface area contributed by atoms with Crippen molar-refractivity contribution in [1.82, 2.24) is 20.4 Å². The van der Waals surface area contributed by atoms with Crippen molar-refractivity contribution in [2.45, 2.75) is 38.1 Å². The van der Waals surface area contributed by atoms with Crippen LogP contribution >= 0.6 is 11.3 Å². The smallest absolute Gasteiger partial charge is 0.406 e. The van der Waals surface area contributed by atoms with E-state index in [1.165, 1.54) is 11.3 Å². The molecule has 1 aromatic carbocycles. The van der Waals surface area contributed by atoms with Crippen molar-refractivity contribution in [2.75, 3.05) is 12.4 Å². The molecular formula is C23H21F4N5O3S. The summed E-state index contributed by atoms with van der Waals surface area (Å²) in [6.07, 6.45) is 0.592. The average Bonchev–Trinajstić information content (AvgIpc) is 3.28. The van der Waals surface area contributed by atoms with Crippen molar-refractivity contribution in [3.05, 3.63) is 64.7 Å². The van der Waals surface area contributed by atoms with Crippen molar-refractivity contribution >= 4 is 27.9 Å². The molecule has 2 heterocycles. The lowest BCUT2D eigenvalue weighted by Gasteiger charge is -2.20. The van der Waals surface area contributed by atoms with E-state index in [4.69, 9.17) is 4.74 Å². The second kappa shape index (κ2) is 11.1. The zero-order valence-electron chi connectivity index (χ0n) is 19.0. The van der Waals surface area contributed by atoms with Gasteiger partial charge >= 0.3 is 6.36 Å². The van der Waals surface area contributed by atoms with Gasteiger partial charge in [-0.1, -0.05) is 17.4 Å². The van der Waals surface area contributed by atoms with Gasteiger partial charge in [0.1, 0.15) is 16.6 Å². The molecule has 8 nitrogen and oxygen atoms in total. The molecule has 1 aliphatic rings. The Bertz CT molecular complexity index is 1240. The van der Waals surface area contributed by atoms with Crippen LogP contribution in [0.4, 0.5) is 22.7 Å². The lowest BCUT2D eigenvalue weighted by molar-refractivity contribution is -0.274. The molecule has 13 heteroatoms. The standard InChI is InChI=1S/C23H21F4N5O3S/c1-34-20(16-12-15(8-9-17(16)24)35-23(25,26)27)21(33)29-22-32-31-19(36-22)11-13-4-6-14(7-5-13)18-3-2-10-28-30-18/h2-3,6,8-10,12-13,20H,4-5,7,11H2,1H3,(H,29,32,33)/t13-,20+/m1/s1. The van der Waals surface area contributed by atoms with Crippen LogP contribution in [0, 0.1) is 11.7 Å². The number of carbonyl (C=O) groups is 1. The van der Waals surface area contributed by atoms with E-state index in [0.29, 0.717) is 17.3 Å². The van der Waals surface area contributed by atoms with E-state index in [-0.39, 0.29) is 5.13 Å². The first-order valence-electron chi connectivity index (χ1n) is 10.9. The maximum absolute atomic E-state index is 14.3. The summed E-state index contributed by atoms with van der Waals surface area (Å²) in [5, 5.41) is 19.5. The first kappa shape index (κ1) is 25.6. The first-order valence-corrected chi connectivity index (χ1v) is 11.7. The van der Waals surface area contributed by atoms with Crippen LogP contribution in [0.5, 0.6) is 5.75 Å². The Morgan fingerprint density at radius 2 is 2.08 bits per heavy atom. The van der Waals surface area contributed by atoms with E-state index in [0.717, 1.165) is 55.8 Å². The van der Waals surface area contributed by atoms with Crippen molar-refractivity contribution < 1.29 is 31.8 Å². The van der Waals surface area contributed by atoms with Crippen LogP contribution in [0.1, 0.15) is 41.6 Å². The Kier molecular flexibility index (Phi) is 7.89.